The molecule has 2 N–H and O–H groups in total. The van der Waals surface area contributed by atoms with Gasteiger partial charge in [-0.25, -0.2) is 9.59 Å². The third-order valence-electron chi connectivity index (χ3n) is 1.36. The first kappa shape index (κ1) is 17.9. The summed E-state index contributed by atoms with van der Waals surface area (Å²) in [5, 5.41) is 16.4. The molecule has 100 valence electrons. The highest BCUT2D eigenvalue weighted by atomic mass is 16.5. The van der Waals surface area contributed by atoms with Gasteiger partial charge in [-0.3, -0.25) is 0 Å². The van der Waals surface area contributed by atoms with Crippen molar-refractivity contribution in [1.82, 2.24) is 0 Å². The molecule has 0 fully saturated rings. The molecule has 0 unspecified atom stereocenters. The molecule has 0 atom stereocenters. The van der Waals surface area contributed by atoms with Crippen molar-refractivity contribution in [2.24, 2.45) is 0 Å². The molecule has 0 radical (unpaired) electrons. The molecule has 0 aromatic rings. The largest absolute Gasteiger partial charge is 0.497 e. The fourth-order valence-electron chi connectivity index (χ4n) is 0.443. The summed E-state index contributed by atoms with van der Waals surface area (Å²) in [6.45, 7) is 12.9. The zero-order valence-corrected chi connectivity index (χ0v) is 9.92. The highest BCUT2D eigenvalue weighted by Crippen LogP contribution is 1.90. The van der Waals surface area contributed by atoms with Crippen LogP contribution < -0.4 is 0 Å². The molecular weight excluding hydrogens is 240 g/mol. The van der Waals surface area contributed by atoms with Crippen molar-refractivity contribution in [3.8, 4) is 0 Å². The van der Waals surface area contributed by atoms with Crippen LogP contribution >= 0.6 is 0 Å². The lowest BCUT2D eigenvalue weighted by Gasteiger charge is -1.96. The van der Waals surface area contributed by atoms with Crippen molar-refractivity contribution >= 4 is 11.9 Å². The van der Waals surface area contributed by atoms with Gasteiger partial charge in [0, 0.05) is 0 Å². The molecule has 0 bridgehead atoms. The lowest BCUT2D eigenvalue weighted by Crippen LogP contribution is -2.03. The monoisotopic (exact) mass is 256 g/mol. The summed E-state index contributed by atoms with van der Waals surface area (Å²) in [5.74, 6) is -2.09. The number of carboxylic acid groups (broad SMARTS) is 2. The van der Waals surface area contributed by atoms with Gasteiger partial charge in [0.2, 0.25) is 0 Å². The highest BCUT2D eigenvalue weighted by Gasteiger charge is 2.01. The Morgan fingerprint density at radius 2 is 1.17 bits per heavy atom. The van der Waals surface area contributed by atoms with Gasteiger partial charge in [-0.1, -0.05) is 26.3 Å². The Kier molecular flexibility index (Phi) is 10.9. The van der Waals surface area contributed by atoms with Crippen molar-refractivity contribution < 1.29 is 29.3 Å². The van der Waals surface area contributed by atoms with E-state index in [0.29, 0.717) is 0 Å². The van der Waals surface area contributed by atoms with Crippen LogP contribution in [0.1, 0.15) is 0 Å². The van der Waals surface area contributed by atoms with Crippen molar-refractivity contribution in [3.63, 3.8) is 0 Å². The topological polar surface area (TPSA) is 93.1 Å². The average Bonchev–Trinajstić information content (AvgIpc) is 2.33. The summed E-state index contributed by atoms with van der Waals surface area (Å²) in [5.41, 5.74) is 0.0461. The number of carbonyl (C=O) groups is 2. The SMILES string of the molecule is C=COCC(=C)C(=O)O.C=COCC(=C)C(=O)O. The summed E-state index contributed by atoms with van der Waals surface area (Å²) in [7, 11) is 0. The minimum absolute atomic E-state index is 0.00116. The zero-order chi connectivity index (χ0) is 14.6. The summed E-state index contributed by atoms with van der Waals surface area (Å²) >= 11 is 0. The van der Waals surface area contributed by atoms with Crippen molar-refractivity contribution in [1.29, 1.82) is 0 Å². The third-order valence-corrected chi connectivity index (χ3v) is 1.36. The van der Waals surface area contributed by atoms with E-state index in [1.54, 1.807) is 0 Å². The molecule has 0 aromatic heterocycles. The van der Waals surface area contributed by atoms with Crippen LogP contribution in [0.3, 0.4) is 0 Å². The molecule has 0 aliphatic heterocycles. The Labute approximate surface area is 105 Å². The maximum absolute atomic E-state index is 9.99. The van der Waals surface area contributed by atoms with E-state index in [2.05, 4.69) is 35.8 Å². The van der Waals surface area contributed by atoms with Crippen LogP contribution in [0.2, 0.25) is 0 Å². The maximum Gasteiger partial charge on any atom is 0.334 e. The molecule has 0 amide bonds. The number of rotatable bonds is 8. The van der Waals surface area contributed by atoms with Crippen LogP contribution in [0.5, 0.6) is 0 Å². The van der Waals surface area contributed by atoms with Crippen LogP contribution in [0.4, 0.5) is 0 Å². The first-order chi connectivity index (χ1) is 8.36. The Morgan fingerprint density at radius 1 is 0.889 bits per heavy atom. The van der Waals surface area contributed by atoms with Gasteiger partial charge in [0.25, 0.3) is 0 Å². The van der Waals surface area contributed by atoms with E-state index in [1.807, 2.05) is 0 Å². The van der Waals surface area contributed by atoms with Gasteiger partial charge in [-0.05, 0) is 0 Å². The molecule has 6 nitrogen and oxygen atoms in total. The van der Waals surface area contributed by atoms with Gasteiger partial charge in [0.05, 0.1) is 23.7 Å². The van der Waals surface area contributed by atoms with Crippen LogP contribution in [0, 0.1) is 0 Å². The van der Waals surface area contributed by atoms with Gasteiger partial charge >= 0.3 is 11.9 Å². The molecule has 6 heteroatoms. The summed E-state index contributed by atoms with van der Waals surface area (Å²) < 4.78 is 9.08. The second kappa shape index (κ2) is 11.0. The second-order valence-corrected chi connectivity index (χ2v) is 2.77. The van der Waals surface area contributed by atoms with Gasteiger partial charge < -0.3 is 19.7 Å². The molecule has 0 heterocycles. The Bertz CT molecular complexity index is 308. The summed E-state index contributed by atoms with van der Waals surface area (Å²) in [6.07, 6.45) is 2.35. The van der Waals surface area contributed by atoms with Crippen molar-refractivity contribution in [2.75, 3.05) is 13.2 Å². The molecule has 0 rings (SSSR count). The zero-order valence-electron chi connectivity index (χ0n) is 9.92. The van der Waals surface area contributed by atoms with Crippen LogP contribution in [0.25, 0.3) is 0 Å². The predicted molar refractivity (Wildman–Crippen MR) is 65.8 cm³/mol. The third kappa shape index (κ3) is 11.6. The Morgan fingerprint density at radius 3 is 1.33 bits per heavy atom. The standard InChI is InChI=1S/2C6H8O3/c2*1-3-9-4-5(2)6(7)8/h2*3H,1-2,4H2,(H,7,8). The maximum atomic E-state index is 9.99. The van der Waals surface area contributed by atoms with E-state index in [1.165, 1.54) is 12.5 Å². The minimum atomic E-state index is -1.04. The first-order valence-electron chi connectivity index (χ1n) is 4.63. The number of carboxylic acids is 2. The van der Waals surface area contributed by atoms with Gasteiger partial charge in [0.1, 0.15) is 13.2 Å². The number of hydrogen-bond acceptors (Lipinski definition) is 4. The molecular formula is C12H16O6. The number of hydrogen-bond donors (Lipinski definition) is 2. The highest BCUT2D eigenvalue weighted by molar-refractivity contribution is 5.86. The van der Waals surface area contributed by atoms with E-state index in [0.717, 1.165) is 0 Å². The number of aliphatic carboxylic acids is 2. The fraction of sp³-hybridized carbons (Fsp3) is 0.167. The molecule has 0 aliphatic carbocycles. The molecule has 0 aromatic carbocycles. The van der Waals surface area contributed by atoms with E-state index >= 15 is 0 Å². The summed E-state index contributed by atoms with van der Waals surface area (Å²) in [4.78, 5) is 20.0. The lowest BCUT2D eigenvalue weighted by molar-refractivity contribution is -0.134. The van der Waals surface area contributed by atoms with Gasteiger partial charge in [-0.2, -0.15) is 0 Å². The van der Waals surface area contributed by atoms with E-state index in [4.69, 9.17) is 10.2 Å². The minimum Gasteiger partial charge on any atom is -0.497 e. The van der Waals surface area contributed by atoms with E-state index in [-0.39, 0.29) is 24.4 Å². The molecule has 0 spiro atoms. The predicted octanol–water partition coefficient (Wildman–Crippen LogP) is 1.57. The van der Waals surface area contributed by atoms with Crippen molar-refractivity contribution in [2.45, 2.75) is 0 Å². The number of ether oxygens (including phenoxy) is 2. The van der Waals surface area contributed by atoms with Crippen molar-refractivity contribution in [3.05, 3.63) is 50.0 Å². The van der Waals surface area contributed by atoms with Gasteiger partial charge in [0.15, 0.2) is 0 Å². The fourth-order valence-corrected chi connectivity index (χ4v) is 0.443. The average molecular weight is 256 g/mol. The Balaban J connectivity index is 0. The first-order valence-corrected chi connectivity index (χ1v) is 4.63. The normalized spacial score (nSPS) is 8.00. The lowest BCUT2D eigenvalue weighted by atomic mass is 10.3. The van der Waals surface area contributed by atoms with Crippen LogP contribution in [-0.2, 0) is 19.1 Å². The molecule has 0 saturated heterocycles. The van der Waals surface area contributed by atoms with Crippen LogP contribution in [0.15, 0.2) is 50.0 Å². The Hall–Kier alpha value is -2.50. The van der Waals surface area contributed by atoms with E-state index in [9.17, 15) is 9.59 Å². The molecule has 18 heavy (non-hydrogen) atoms. The second-order valence-electron chi connectivity index (χ2n) is 2.77. The molecule has 0 saturated carbocycles. The quantitative estimate of drug-likeness (QED) is 0.506. The van der Waals surface area contributed by atoms with Crippen LogP contribution in [-0.4, -0.2) is 35.4 Å². The van der Waals surface area contributed by atoms with Gasteiger partial charge in [-0.15, -0.1) is 0 Å². The molecule has 0 aliphatic rings. The smallest absolute Gasteiger partial charge is 0.334 e. The van der Waals surface area contributed by atoms with E-state index < -0.39 is 11.9 Å². The summed E-state index contributed by atoms with van der Waals surface area (Å²) in [6, 6.07) is 0.